The summed E-state index contributed by atoms with van der Waals surface area (Å²) < 4.78 is 5.05. The van der Waals surface area contributed by atoms with Gasteiger partial charge in [-0.05, 0) is 38.5 Å². The molecular formula is C15H20N2O4. The highest BCUT2D eigenvalue weighted by Gasteiger charge is 2.44. The van der Waals surface area contributed by atoms with Gasteiger partial charge in [-0.15, -0.1) is 0 Å². The first-order chi connectivity index (χ1) is 10.1. The second-order valence-electron chi connectivity index (χ2n) is 6.09. The molecule has 2 fully saturated rings. The highest BCUT2D eigenvalue weighted by atomic mass is 16.5. The number of fused-ring (bicyclic) bond motifs is 1. The summed E-state index contributed by atoms with van der Waals surface area (Å²) in [6, 6.07) is 0.849. The molecule has 1 saturated carbocycles. The van der Waals surface area contributed by atoms with Crippen LogP contribution in [0.5, 0.6) is 0 Å². The van der Waals surface area contributed by atoms with Crippen molar-refractivity contribution in [2.24, 2.45) is 5.92 Å². The largest absolute Gasteiger partial charge is 0.480 e. The van der Waals surface area contributed by atoms with Gasteiger partial charge < -0.3 is 14.5 Å². The lowest BCUT2D eigenvalue weighted by atomic mass is 9.76. The third-order valence-electron chi connectivity index (χ3n) is 4.73. The van der Waals surface area contributed by atoms with E-state index in [1.54, 1.807) is 17.9 Å². The zero-order chi connectivity index (χ0) is 15.0. The predicted octanol–water partition coefficient (Wildman–Crippen LogP) is 2.23. The summed E-state index contributed by atoms with van der Waals surface area (Å²) in [7, 11) is 0. The quantitative estimate of drug-likeness (QED) is 0.903. The Hall–Kier alpha value is -1.85. The molecule has 2 heterocycles. The normalized spacial score (nSPS) is 29.0. The SMILES string of the molecule is Cc1cc(C(=O)N2C(C(=O)O)CCC3CCCCC32)on1. The van der Waals surface area contributed by atoms with Gasteiger partial charge in [0.2, 0.25) is 5.76 Å². The lowest BCUT2D eigenvalue weighted by Crippen LogP contribution is -2.57. The maximum absolute atomic E-state index is 12.7. The van der Waals surface area contributed by atoms with Crippen molar-refractivity contribution < 1.29 is 19.2 Å². The van der Waals surface area contributed by atoms with Crippen LogP contribution >= 0.6 is 0 Å². The highest BCUT2D eigenvalue weighted by molar-refractivity contribution is 5.94. The lowest BCUT2D eigenvalue weighted by molar-refractivity contribution is -0.146. The number of aromatic nitrogens is 1. The van der Waals surface area contributed by atoms with E-state index in [9.17, 15) is 14.7 Å². The number of hydrogen-bond acceptors (Lipinski definition) is 4. The Morgan fingerprint density at radius 2 is 2.05 bits per heavy atom. The molecule has 1 N–H and O–H groups in total. The van der Waals surface area contributed by atoms with Crippen LogP contribution in [0.2, 0.25) is 0 Å². The Bertz CT molecular complexity index is 554. The Morgan fingerprint density at radius 1 is 1.29 bits per heavy atom. The Morgan fingerprint density at radius 3 is 2.71 bits per heavy atom. The molecule has 3 atom stereocenters. The van der Waals surface area contributed by atoms with Crippen LogP contribution in [-0.2, 0) is 4.79 Å². The second kappa shape index (κ2) is 5.50. The molecule has 1 saturated heterocycles. The fraction of sp³-hybridized carbons (Fsp3) is 0.667. The van der Waals surface area contributed by atoms with Crippen LogP contribution in [0.3, 0.4) is 0 Å². The van der Waals surface area contributed by atoms with Crippen molar-refractivity contribution in [2.45, 2.75) is 57.5 Å². The van der Waals surface area contributed by atoms with Crippen molar-refractivity contribution in [3.63, 3.8) is 0 Å². The number of aryl methyl sites for hydroxylation is 1. The van der Waals surface area contributed by atoms with Crippen molar-refractivity contribution in [1.82, 2.24) is 10.1 Å². The van der Waals surface area contributed by atoms with E-state index in [0.717, 1.165) is 25.7 Å². The van der Waals surface area contributed by atoms with Crippen LogP contribution < -0.4 is 0 Å². The Balaban J connectivity index is 1.92. The van der Waals surface area contributed by atoms with Gasteiger partial charge in [0.25, 0.3) is 5.91 Å². The zero-order valence-electron chi connectivity index (χ0n) is 12.1. The van der Waals surface area contributed by atoms with Crippen LogP contribution in [-0.4, -0.2) is 39.1 Å². The lowest BCUT2D eigenvalue weighted by Gasteiger charge is -2.46. The summed E-state index contributed by atoms with van der Waals surface area (Å²) in [5.74, 6) is -0.699. The number of piperidine rings is 1. The number of carbonyl (C=O) groups excluding carboxylic acids is 1. The monoisotopic (exact) mass is 292 g/mol. The average molecular weight is 292 g/mol. The summed E-state index contributed by atoms with van der Waals surface area (Å²) in [5.41, 5.74) is 0.627. The summed E-state index contributed by atoms with van der Waals surface area (Å²) in [6.45, 7) is 1.74. The number of likely N-dealkylation sites (tertiary alicyclic amines) is 1. The van der Waals surface area contributed by atoms with E-state index < -0.39 is 12.0 Å². The van der Waals surface area contributed by atoms with E-state index in [2.05, 4.69) is 5.16 Å². The molecule has 0 radical (unpaired) electrons. The minimum atomic E-state index is -0.927. The first-order valence-corrected chi connectivity index (χ1v) is 7.56. The van der Waals surface area contributed by atoms with E-state index in [0.29, 0.717) is 18.0 Å². The average Bonchev–Trinajstić information content (AvgIpc) is 2.91. The van der Waals surface area contributed by atoms with Gasteiger partial charge in [-0.1, -0.05) is 18.0 Å². The van der Waals surface area contributed by atoms with E-state index in [4.69, 9.17) is 4.52 Å². The van der Waals surface area contributed by atoms with Gasteiger partial charge in [-0.3, -0.25) is 4.79 Å². The van der Waals surface area contributed by atoms with E-state index in [1.165, 1.54) is 6.42 Å². The van der Waals surface area contributed by atoms with Crippen LogP contribution in [0.4, 0.5) is 0 Å². The van der Waals surface area contributed by atoms with Gasteiger partial charge in [-0.2, -0.15) is 0 Å². The number of carboxylic acids is 1. The molecule has 0 bridgehead atoms. The standard InChI is InChI=1S/C15H20N2O4/c1-9-8-13(21-16-9)14(18)17-11-5-3-2-4-10(11)6-7-12(17)15(19)20/h8,10-12H,2-7H2,1H3,(H,19,20). The van der Waals surface area contributed by atoms with Gasteiger partial charge in [-0.25, -0.2) is 4.79 Å². The molecule has 1 aromatic rings. The van der Waals surface area contributed by atoms with Crippen LogP contribution in [0, 0.1) is 12.8 Å². The van der Waals surface area contributed by atoms with Crippen molar-refractivity contribution in [1.29, 1.82) is 0 Å². The third kappa shape index (κ3) is 2.54. The first-order valence-electron chi connectivity index (χ1n) is 7.56. The second-order valence-corrected chi connectivity index (χ2v) is 6.09. The molecule has 21 heavy (non-hydrogen) atoms. The number of aliphatic carboxylic acids is 1. The van der Waals surface area contributed by atoms with Gasteiger partial charge in [0, 0.05) is 12.1 Å². The summed E-state index contributed by atoms with van der Waals surface area (Å²) in [4.78, 5) is 25.8. The van der Waals surface area contributed by atoms with Crippen molar-refractivity contribution in [3.8, 4) is 0 Å². The molecule has 6 heteroatoms. The maximum Gasteiger partial charge on any atom is 0.326 e. The molecular weight excluding hydrogens is 272 g/mol. The fourth-order valence-electron chi connectivity index (χ4n) is 3.76. The molecule has 0 aromatic carbocycles. The fourth-order valence-corrected chi connectivity index (χ4v) is 3.76. The third-order valence-corrected chi connectivity index (χ3v) is 4.73. The molecule has 1 aromatic heterocycles. The molecule has 3 rings (SSSR count). The number of carboxylic acid groups (broad SMARTS) is 1. The maximum atomic E-state index is 12.7. The van der Waals surface area contributed by atoms with Crippen molar-refractivity contribution in [2.75, 3.05) is 0 Å². The summed E-state index contributed by atoms with van der Waals surface area (Å²) in [5, 5.41) is 13.2. The smallest absolute Gasteiger partial charge is 0.326 e. The van der Waals surface area contributed by atoms with Crippen LogP contribution in [0.1, 0.15) is 54.8 Å². The summed E-state index contributed by atoms with van der Waals surface area (Å²) >= 11 is 0. The van der Waals surface area contributed by atoms with Crippen LogP contribution in [0.15, 0.2) is 10.6 Å². The molecule has 1 amide bonds. The molecule has 114 valence electrons. The number of amides is 1. The minimum absolute atomic E-state index is 0.0199. The molecule has 2 aliphatic rings. The predicted molar refractivity (Wildman–Crippen MR) is 73.8 cm³/mol. The van der Waals surface area contributed by atoms with E-state index in [1.807, 2.05) is 0 Å². The van der Waals surface area contributed by atoms with Crippen molar-refractivity contribution >= 4 is 11.9 Å². The Labute approximate surface area is 123 Å². The van der Waals surface area contributed by atoms with Gasteiger partial charge in [0.05, 0.1) is 5.69 Å². The number of carbonyl (C=O) groups is 2. The number of nitrogens with zero attached hydrogens (tertiary/aromatic N) is 2. The molecule has 0 spiro atoms. The topological polar surface area (TPSA) is 83.6 Å². The van der Waals surface area contributed by atoms with E-state index >= 15 is 0 Å². The molecule has 3 unspecified atom stereocenters. The summed E-state index contributed by atoms with van der Waals surface area (Å²) in [6.07, 6.45) is 5.59. The van der Waals surface area contributed by atoms with Gasteiger partial charge in [0.15, 0.2) is 0 Å². The van der Waals surface area contributed by atoms with Gasteiger partial charge in [0.1, 0.15) is 6.04 Å². The van der Waals surface area contributed by atoms with Gasteiger partial charge >= 0.3 is 5.97 Å². The molecule has 6 nitrogen and oxygen atoms in total. The number of hydrogen-bond donors (Lipinski definition) is 1. The Kier molecular flexibility index (Phi) is 3.69. The zero-order valence-corrected chi connectivity index (χ0v) is 12.1. The first kappa shape index (κ1) is 14.1. The molecule has 1 aliphatic heterocycles. The van der Waals surface area contributed by atoms with Crippen molar-refractivity contribution in [3.05, 3.63) is 17.5 Å². The van der Waals surface area contributed by atoms with Crippen LogP contribution in [0.25, 0.3) is 0 Å². The number of rotatable bonds is 2. The van der Waals surface area contributed by atoms with E-state index in [-0.39, 0.29) is 17.7 Å². The molecule has 1 aliphatic carbocycles. The minimum Gasteiger partial charge on any atom is -0.480 e. The highest BCUT2D eigenvalue weighted by Crippen LogP contribution is 2.38.